The normalized spacial score (nSPS) is 13.8. The van der Waals surface area contributed by atoms with Crippen molar-refractivity contribution in [3.05, 3.63) is 29.8 Å². The Labute approximate surface area is 237 Å². The molecular weight excluding hydrogens is 538 g/mol. The molecule has 0 bridgehead atoms. The lowest BCUT2D eigenvalue weighted by atomic mass is 10.0. The number of carbonyl (C=O) groups excluding carboxylic acids is 5. The molecule has 4 amide bonds. The molecule has 1 aromatic carbocycles. The number of ketones is 1. The first-order chi connectivity index (χ1) is 18.4. The number of amides is 4. The highest BCUT2D eigenvalue weighted by molar-refractivity contribution is 7.89. The Hall–Kier alpha value is -3.32. The Morgan fingerprint density at radius 2 is 1.40 bits per heavy atom. The van der Waals surface area contributed by atoms with Crippen molar-refractivity contribution in [3.63, 3.8) is 0 Å². The molecule has 0 aliphatic carbocycles. The van der Waals surface area contributed by atoms with Crippen LogP contribution in [0.15, 0.2) is 29.2 Å². The highest BCUT2D eigenvalue weighted by atomic mass is 32.2. The van der Waals surface area contributed by atoms with Crippen LogP contribution in [-0.4, -0.2) is 92.3 Å². The number of aryl methyl sites for hydroxylation is 1. The zero-order chi connectivity index (χ0) is 30.8. The summed E-state index contributed by atoms with van der Waals surface area (Å²) in [5.41, 5.74) is 0.856. The molecule has 12 nitrogen and oxygen atoms in total. The van der Waals surface area contributed by atoms with Gasteiger partial charge in [-0.3, -0.25) is 24.0 Å². The number of rotatable bonds is 15. The van der Waals surface area contributed by atoms with Crippen LogP contribution in [0.4, 0.5) is 0 Å². The van der Waals surface area contributed by atoms with Crippen molar-refractivity contribution in [3.8, 4) is 0 Å². The second-order valence-electron chi connectivity index (χ2n) is 10.5. The third kappa shape index (κ3) is 11.0. The predicted molar refractivity (Wildman–Crippen MR) is 151 cm³/mol. The molecule has 3 atom stereocenters. The Morgan fingerprint density at radius 3 is 1.90 bits per heavy atom. The number of nitrogens with zero attached hydrogens (tertiary/aromatic N) is 2. The highest BCUT2D eigenvalue weighted by Gasteiger charge is 2.30. The quantitative estimate of drug-likeness (QED) is 0.273. The summed E-state index contributed by atoms with van der Waals surface area (Å²) < 4.78 is 27.6. The molecule has 1 aromatic rings. The number of hydrogen-bond donors (Lipinski definition) is 3. The van der Waals surface area contributed by atoms with Crippen LogP contribution in [0.25, 0.3) is 0 Å². The zero-order valence-electron chi connectivity index (χ0n) is 24.6. The van der Waals surface area contributed by atoms with E-state index in [4.69, 9.17) is 0 Å². The van der Waals surface area contributed by atoms with Gasteiger partial charge in [0.05, 0.1) is 17.5 Å². The fraction of sp³-hybridized carbons (Fsp3) is 0.593. The van der Waals surface area contributed by atoms with Crippen LogP contribution in [0.5, 0.6) is 0 Å². The molecule has 0 radical (unpaired) electrons. The minimum atomic E-state index is -4.12. The molecule has 13 heteroatoms. The summed E-state index contributed by atoms with van der Waals surface area (Å²) >= 11 is 0. The van der Waals surface area contributed by atoms with Crippen molar-refractivity contribution in [1.29, 1.82) is 0 Å². The van der Waals surface area contributed by atoms with Gasteiger partial charge >= 0.3 is 0 Å². The van der Waals surface area contributed by atoms with Gasteiger partial charge in [-0.2, -0.15) is 4.31 Å². The second-order valence-corrected chi connectivity index (χ2v) is 12.4. The van der Waals surface area contributed by atoms with Gasteiger partial charge in [0.1, 0.15) is 12.1 Å². The Kier molecular flexibility index (Phi) is 13.4. The molecule has 0 saturated carbocycles. The molecule has 40 heavy (non-hydrogen) atoms. The third-order valence-corrected chi connectivity index (χ3v) is 7.92. The smallest absolute Gasteiger partial charge is 0.243 e. The van der Waals surface area contributed by atoms with Crippen LogP contribution in [0.3, 0.4) is 0 Å². The van der Waals surface area contributed by atoms with E-state index < -0.39 is 52.3 Å². The number of hydrogen-bond acceptors (Lipinski definition) is 7. The number of sulfonamides is 1. The predicted octanol–water partition coefficient (Wildman–Crippen LogP) is 0.593. The van der Waals surface area contributed by atoms with E-state index in [-0.39, 0.29) is 35.6 Å². The maximum Gasteiger partial charge on any atom is 0.243 e. The molecule has 0 aliphatic rings. The summed E-state index contributed by atoms with van der Waals surface area (Å²) in [6.07, 6.45) is 0.233. The molecule has 0 aliphatic heterocycles. The van der Waals surface area contributed by atoms with Crippen LogP contribution in [0.1, 0.15) is 53.0 Å². The van der Waals surface area contributed by atoms with E-state index in [0.29, 0.717) is 6.42 Å². The van der Waals surface area contributed by atoms with Gasteiger partial charge in [0.25, 0.3) is 0 Å². The molecule has 0 aromatic heterocycles. The summed E-state index contributed by atoms with van der Waals surface area (Å²) in [6.45, 7) is 8.94. The van der Waals surface area contributed by atoms with Gasteiger partial charge in [-0.15, -0.1) is 0 Å². The Morgan fingerprint density at radius 1 is 0.850 bits per heavy atom. The van der Waals surface area contributed by atoms with Crippen molar-refractivity contribution in [1.82, 2.24) is 25.2 Å². The van der Waals surface area contributed by atoms with E-state index >= 15 is 0 Å². The average molecular weight is 582 g/mol. The fourth-order valence-electron chi connectivity index (χ4n) is 3.64. The molecule has 3 N–H and O–H groups in total. The van der Waals surface area contributed by atoms with Gasteiger partial charge in [0.2, 0.25) is 33.7 Å². The van der Waals surface area contributed by atoms with Gasteiger partial charge < -0.3 is 20.9 Å². The minimum Gasteiger partial charge on any atom is -0.349 e. The fourth-order valence-corrected chi connectivity index (χ4v) is 5.05. The summed E-state index contributed by atoms with van der Waals surface area (Å²) in [4.78, 5) is 63.4. The minimum absolute atomic E-state index is 0.0219. The molecule has 0 unspecified atom stereocenters. The van der Waals surface area contributed by atoms with E-state index in [1.807, 2.05) is 20.8 Å². The first-order valence-electron chi connectivity index (χ1n) is 13.1. The van der Waals surface area contributed by atoms with Crippen LogP contribution in [0.2, 0.25) is 0 Å². The topological polar surface area (TPSA) is 162 Å². The summed E-state index contributed by atoms with van der Waals surface area (Å²) in [5.74, 6) is -2.37. The zero-order valence-corrected chi connectivity index (χ0v) is 25.4. The standard InChI is InChI=1S/C27H43N5O7S/c1-17(2)15-23(30-21(6)33)27(37)29-20(5)26(36)28-19(4)24(34)16-32(14-13-25(35)31(7)8)40(38,39)22-11-9-18(3)10-12-22/h9-12,17,19-20,23H,13-16H2,1-8H3,(H,28,36)(H,29,37)(H,30,33)/t19-,20-,23-/m0/s1. The number of Topliss-reactive ketones (excluding diaryl/α,β-unsaturated/α-hetero) is 1. The Bertz CT molecular complexity index is 1170. The van der Waals surface area contributed by atoms with Crippen LogP contribution < -0.4 is 16.0 Å². The largest absolute Gasteiger partial charge is 0.349 e. The van der Waals surface area contributed by atoms with Gasteiger partial charge in [0.15, 0.2) is 5.78 Å². The summed E-state index contributed by atoms with van der Waals surface area (Å²) in [7, 11) is -1.03. The van der Waals surface area contributed by atoms with Crippen molar-refractivity contribution in [2.45, 2.75) is 77.4 Å². The van der Waals surface area contributed by atoms with E-state index in [2.05, 4.69) is 16.0 Å². The van der Waals surface area contributed by atoms with Gasteiger partial charge in [-0.05, 0) is 45.2 Å². The highest BCUT2D eigenvalue weighted by Crippen LogP contribution is 2.17. The van der Waals surface area contributed by atoms with Gasteiger partial charge in [0, 0.05) is 34.0 Å². The van der Waals surface area contributed by atoms with E-state index in [9.17, 15) is 32.4 Å². The van der Waals surface area contributed by atoms with Crippen molar-refractivity contribution in [2.24, 2.45) is 5.92 Å². The van der Waals surface area contributed by atoms with Crippen LogP contribution >= 0.6 is 0 Å². The molecule has 0 fully saturated rings. The van der Waals surface area contributed by atoms with Crippen LogP contribution in [-0.2, 0) is 34.0 Å². The van der Waals surface area contributed by atoms with E-state index in [1.165, 1.54) is 37.8 Å². The van der Waals surface area contributed by atoms with Crippen LogP contribution in [0, 0.1) is 12.8 Å². The molecular formula is C27H43N5O7S. The molecule has 224 valence electrons. The first-order valence-corrected chi connectivity index (χ1v) is 14.6. The third-order valence-electron chi connectivity index (χ3n) is 6.06. The monoisotopic (exact) mass is 581 g/mol. The molecule has 0 heterocycles. The van der Waals surface area contributed by atoms with Crippen molar-refractivity contribution >= 4 is 39.4 Å². The maximum atomic E-state index is 13.3. The van der Waals surface area contributed by atoms with E-state index in [0.717, 1.165) is 9.87 Å². The van der Waals surface area contributed by atoms with Crippen molar-refractivity contribution < 1.29 is 32.4 Å². The average Bonchev–Trinajstić information content (AvgIpc) is 2.84. The number of carbonyl (C=O) groups is 5. The lowest BCUT2D eigenvalue weighted by Gasteiger charge is -2.25. The lowest BCUT2D eigenvalue weighted by molar-refractivity contribution is -0.133. The maximum absolute atomic E-state index is 13.3. The summed E-state index contributed by atoms with van der Waals surface area (Å²) in [6, 6.07) is 3.18. The first kappa shape index (κ1) is 34.7. The molecule has 0 spiro atoms. The molecule has 1 rings (SSSR count). The SMILES string of the molecule is CC(=O)N[C@@H](CC(C)C)C(=O)N[C@@H](C)C(=O)N[C@@H](C)C(=O)CN(CCC(=O)N(C)C)S(=O)(=O)c1ccc(C)cc1. The second kappa shape index (κ2) is 15.5. The summed E-state index contributed by atoms with van der Waals surface area (Å²) in [5, 5.41) is 7.62. The number of benzene rings is 1. The number of nitrogens with one attached hydrogen (secondary N) is 3. The molecule has 0 saturated heterocycles. The van der Waals surface area contributed by atoms with Crippen molar-refractivity contribution in [2.75, 3.05) is 27.2 Å². The van der Waals surface area contributed by atoms with Gasteiger partial charge in [-0.1, -0.05) is 31.5 Å². The lowest BCUT2D eigenvalue weighted by Crippen LogP contribution is -2.55. The van der Waals surface area contributed by atoms with E-state index in [1.54, 1.807) is 26.2 Å². The Balaban J connectivity index is 2.97. The van der Waals surface area contributed by atoms with Gasteiger partial charge in [-0.25, -0.2) is 8.42 Å².